The van der Waals surface area contributed by atoms with Gasteiger partial charge >= 0.3 is 5.97 Å². The summed E-state index contributed by atoms with van der Waals surface area (Å²) in [6, 6.07) is 1.09. The van der Waals surface area contributed by atoms with Crippen LogP contribution in [-0.4, -0.2) is 61.8 Å². The van der Waals surface area contributed by atoms with E-state index in [2.05, 4.69) is 15.9 Å². The van der Waals surface area contributed by atoms with Gasteiger partial charge in [0.25, 0.3) is 0 Å². The van der Waals surface area contributed by atoms with E-state index >= 15 is 0 Å². The summed E-state index contributed by atoms with van der Waals surface area (Å²) in [6.45, 7) is 1.42. The summed E-state index contributed by atoms with van der Waals surface area (Å²) in [4.78, 5) is 23.7. The van der Waals surface area contributed by atoms with Crippen LogP contribution < -0.4 is 0 Å². The van der Waals surface area contributed by atoms with Gasteiger partial charge in [-0.2, -0.15) is 4.31 Å². The van der Waals surface area contributed by atoms with Gasteiger partial charge in [-0.3, -0.25) is 4.79 Å². The van der Waals surface area contributed by atoms with Crippen molar-refractivity contribution in [3.63, 3.8) is 0 Å². The first-order valence-electron chi connectivity index (χ1n) is 5.84. The molecule has 1 aromatic heterocycles. The van der Waals surface area contributed by atoms with Crippen molar-refractivity contribution < 1.29 is 23.1 Å². The Hall–Kier alpha value is -0.970. The van der Waals surface area contributed by atoms with E-state index in [1.807, 2.05) is 0 Å². The Morgan fingerprint density at radius 3 is 2.33 bits per heavy atom. The maximum Gasteiger partial charge on any atom is 0.345 e. The molecule has 7 nitrogen and oxygen atoms in total. The largest absolute Gasteiger partial charge is 0.477 e. The zero-order valence-corrected chi connectivity index (χ0v) is 14.9. The highest BCUT2D eigenvalue weighted by Crippen LogP contribution is 2.33. The van der Waals surface area contributed by atoms with Crippen molar-refractivity contribution in [1.29, 1.82) is 0 Å². The van der Waals surface area contributed by atoms with E-state index in [-0.39, 0.29) is 32.6 Å². The first kappa shape index (κ1) is 18.1. The summed E-state index contributed by atoms with van der Waals surface area (Å²) in [5.74, 6) is -1.56. The summed E-state index contributed by atoms with van der Waals surface area (Å²) >= 11 is 3.89. The third-order valence-electron chi connectivity index (χ3n) is 2.65. The maximum absolute atomic E-state index is 12.5. The maximum atomic E-state index is 12.5. The van der Waals surface area contributed by atoms with Crippen LogP contribution >= 0.6 is 27.3 Å². The number of likely N-dealkylation sites (N-methyl/N-ethyl adjacent to an activating group) is 2. The van der Waals surface area contributed by atoms with Crippen LogP contribution in [0.4, 0.5) is 0 Å². The number of carboxylic acids is 1. The van der Waals surface area contributed by atoms with Crippen molar-refractivity contribution >= 4 is 49.2 Å². The quantitative estimate of drug-likeness (QED) is 0.778. The first-order valence-corrected chi connectivity index (χ1v) is 8.89. The number of hydrogen-bond donors (Lipinski definition) is 1. The minimum absolute atomic E-state index is 0.0876. The van der Waals surface area contributed by atoms with Gasteiger partial charge in [-0.15, -0.1) is 11.3 Å². The second kappa shape index (κ2) is 6.86. The van der Waals surface area contributed by atoms with Crippen LogP contribution in [0.2, 0.25) is 0 Å². The van der Waals surface area contributed by atoms with Gasteiger partial charge in [0.05, 0.1) is 10.3 Å². The van der Waals surface area contributed by atoms with Gasteiger partial charge in [0.15, 0.2) is 0 Å². The number of thiophene rings is 1. The molecule has 0 aliphatic heterocycles. The summed E-state index contributed by atoms with van der Waals surface area (Å²) in [5, 5.41) is 8.92. The van der Waals surface area contributed by atoms with E-state index in [9.17, 15) is 18.0 Å². The minimum atomic E-state index is -3.94. The van der Waals surface area contributed by atoms with Crippen molar-refractivity contribution in [2.75, 3.05) is 27.2 Å². The van der Waals surface area contributed by atoms with Crippen LogP contribution in [-0.2, 0) is 14.8 Å². The van der Waals surface area contributed by atoms with E-state index in [4.69, 9.17) is 5.11 Å². The van der Waals surface area contributed by atoms with Gasteiger partial charge in [-0.1, -0.05) is 6.92 Å². The number of hydrogen-bond acceptors (Lipinski definition) is 5. The Balaban J connectivity index is 3.19. The van der Waals surface area contributed by atoms with Gasteiger partial charge in [-0.05, 0) is 22.0 Å². The van der Waals surface area contributed by atoms with Crippen LogP contribution in [0.25, 0.3) is 0 Å². The fourth-order valence-corrected chi connectivity index (χ4v) is 5.18. The lowest BCUT2D eigenvalue weighted by Gasteiger charge is -2.21. The predicted molar refractivity (Wildman–Crippen MR) is 82.1 cm³/mol. The molecule has 0 fully saturated rings. The van der Waals surface area contributed by atoms with Crippen molar-refractivity contribution in [2.45, 2.75) is 11.8 Å². The molecule has 1 aromatic rings. The number of aromatic carboxylic acids is 1. The van der Waals surface area contributed by atoms with E-state index in [0.717, 1.165) is 21.7 Å². The highest BCUT2D eigenvalue weighted by atomic mass is 79.9. The number of sulfonamides is 1. The molecule has 0 saturated heterocycles. The number of carbonyl (C=O) groups is 2. The molecule has 1 amide bonds. The smallest absolute Gasteiger partial charge is 0.345 e. The molecule has 1 N–H and O–H groups in total. The fraction of sp³-hybridized carbons (Fsp3) is 0.455. The molecule has 0 radical (unpaired) electrons. The van der Waals surface area contributed by atoms with Crippen LogP contribution in [0.5, 0.6) is 0 Å². The molecular weight excluding hydrogens is 384 g/mol. The highest BCUT2D eigenvalue weighted by Gasteiger charge is 2.30. The van der Waals surface area contributed by atoms with E-state index in [0.29, 0.717) is 0 Å². The number of rotatable bonds is 6. The van der Waals surface area contributed by atoms with E-state index in [1.165, 1.54) is 19.0 Å². The Kier molecular flexibility index (Phi) is 5.91. The monoisotopic (exact) mass is 398 g/mol. The molecular formula is C11H15BrN2O5S2. The molecule has 0 aliphatic rings. The SMILES string of the molecule is CCN(CC(=O)N(C)C)S(=O)(=O)c1cc(C(=O)O)sc1Br. The number of carboxylic acid groups (broad SMARTS) is 1. The van der Waals surface area contributed by atoms with Crippen LogP contribution in [0, 0.1) is 0 Å². The first-order chi connectivity index (χ1) is 9.61. The lowest BCUT2D eigenvalue weighted by molar-refractivity contribution is -0.128. The van der Waals surface area contributed by atoms with Crippen molar-refractivity contribution in [1.82, 2.24) is 9.21 Å². The number of halogens is 1. The molecule has 0 unspecified atom stereocenters. The zero-order chi connectivity index (χ0) is 16.4. The van der Waals surface area contributed by atoms with Gasteiger partial charge < -0.3 is 10.0 Å². The number of amides is 1. The normalized spacial score (nSPS) is 11.7. The van der Waals surface area contributed by atoms with Gasteiger partial charge in [-0.25, -0.2) is 13.2 Å². The molecule has 0 bridgehead atoms. The second-order valence-corrected chi connectivity index (χ2v) is 8.55. The van der Waals surface area contributed by atoms with Crippen LogP contribution in [0.1, 0.15) is 16.6 Å². The van der Waals surface area contributed by atoms with Crippen LogP contribution in [0.3, 0.4) is 0 Å². The molecule has 118 valence electrons. The molecule has 1 heterocycles. The standard InChI is InChI=1S/C11H15BrN2O5S2/c1-4-14(6-9(15)13(2)3)21(18,19)8-5-7(11(16)17)20-10(8)12/h5H,4,6H2,1-3H3,(H,16,17). The molecule has 0 atom stereocenters. The third-order valence-corrected chi connectivity index (χ3v) is 6.81. The molecule has 0 aromatic carbocycles. The van der Waals surface area contributed by atoms with Crippen molar-refractivity contribution in [2.24, 2.45) is 0 Å². The second-order valence-electron chi connectivity index (χ2n) is 4.27. The van der Waals surface area contributed by atoms with E-state index in [1.54, 1.807) is 6.92 Å². The molecule has 21 heavy (non-hydrogen) atoms. The van der Waals surface area contributed by atoms with E-state index < -0.39 is 16.0 Å². The average molecular weight is 399 g/mol. The Morgan fingerprint density at radius 2 is 1.95 bits per heavy atom. The topological polar surface area (TPSA) is 95.0 Å². The van der Waals surface area contributed by atoms with Gasteiger partial charge in [0, 0.05) is 20.6 Å². The highest BCUT2D eigenvalue weighted by molar-refractivity contribution is 9.11. The zero-order valence-electron chi connectivity index (χ0n) is 11.7. The Bertz CT molecular complexity index is 654. The molecule has 0 saturated carbocycles. The van der Waals surface area contributed by atoms with Crippen molar-refractivity contribution in [3.8, 4) is 0 Å². The Morgan fingerprint density at radius 1 is 1.38 bits per heavy atom. The lowest BCUT2D eigenvalue weighted by atomic mass is 10.5. The fourth-order valence-electron chi connectivity index (χ4n) is 1.43. The van der Waals surface area contributed by atoms with Crippen LogP contribution in [0.15, 0.2) is 14.7 Å². The molecule has 0 aliphatic carbocycles. The summed E-state index contributed by atoms with van der Waals surface area (Å²) < 4.78 is 26.2. The van der Waals surface area contributed by atoms with Crippen molar-refractivity contribution in [3.05, 3.63) is 14.7 Å². The third kappa shape index (κ3) is 4.02. The molecule has 0 spiro atoms. The lowest BCUT2D eigenvalue weighted by Crippen LogP contribution is -2.40. The summed E-state index contributed by atoms with van der Waals surface area (Å²) in [5.41, 5.74) is 0. The Labute approximate surface area is 135 Å². The van der Waals surface area contributed by atoms with Gasteiger partial charge in [0.2, 0.25) is 15.9 Å². The summed E-state index contributed by atoms with van der Waals surface area (Å²) in [6.07, 6.45) is 0. The predicted octanol–water partition coefficient (Wildman–Crippen LogP) is 1.31. The van der Waals surface area contributed by atoms with Gasteiger partial charge in [0.1, 0.15) is 9.77 Å². The molecule has 10 heteroatoms. The number of carbonyl (C=O) groups excluding carboxylic acids is 1. The minimum Gasteiger partial charge on any atom is -0.477 e. The number of nitrogens with zero attached hydrogens (tertiary/aromatic N) is 2. The molecule has 1 rings (SSSR count). The summed E-state index contributed by atoms with van der Waals surface area (Å²) in [7, 11) is -0.870. The average Bonchev–Trinajstić information content (AvgIpc) is 2.78.